The van der Waals surface area contributed by atoms with E-state index in [1.165, 1.54) is 12.8 Å². The molecule has 0 unspecified atom stereocenters. The van der Waals surface area contributed by atoms with Crippen molar-refractivity contribution in [1.82, 2.24) is 4.90 Å². The molecule has 15 heavy (non-hydrogen) atoms. The number of nitrogens with two attached hydrogens (primary N) is 2. The van der Waals surface area contributed by atoms with Crippen LogP contribution in [0.4, 0.5) is 0 Å². The third-order valence-corrected chi connectivity index (χ3v) is 2.46. The summed E-state index contributed by atoms with van der Waals surface area (Å²) in [6.07, 6.45) is 3.43. The van der Waals surface area contributed by atoms with Crippen LogP contribution in [0, 0.1) is 11.3 Å². The molecule has 0 heterocycles. The van der Waals surface area contributed by atoms with Crippen molar-refractivity contribution < 1.29 is 0 Å². The number of nitrogens with one attached hydrogen (secondary N) is 1. The molecule has 0 bridgehead atoms. The molecule has 0 saturated heterocycles. The molecule has 0 amide bonds. The van der Waals surface area contributed by atoms with Crippen molar-refractivity contribution in [1.29, 1.82) is 5.41 Å². The molecule has 5 N–H and O–H groups in total. The Hall–Kier alpha value is -1.26. The van der Waals surface area contributed by atoms with E-state index >= 15 is 0 Å². The molecule has 5 nitrogen and oxygen atoms in total. The summed E-state index contributed by atoms with van der Waals surface area (Å²) in [4.78, 5) is 5.87. The van der Waals surface area contributed by atoms with Gasteiger partial charge in [-0.25, -0.2) is 0 Å². The van der Waals surface area contributed by atoms with Crippen LogP contribution in [0.25, 0.3) is 0 Å². The second-order valence-electron chi connectivity index (χ2n) is 4.46. The first kappa shape index (κ1) is 11.8. The van der Waals surface area contributed by atoms with Crippen LogP contribution in [0.3, 0.4) is 0 Å². The number of hydrogen-bond donors (Lipinski definition) is 3. The zero-order chi connectivity index (χ0) is 11.4. The Morgan fingerprint density at radius 2 is 2.07 bits per heavy atom. The van der Waals surface area contributed by atoms with E-state index in [9.17, 15) is 0 Å². The van der Waals surface area contributed by atoms with E-state index in [4.69, 9.17) is 16.9 Å². The Labute approximate surface area is 91.0 Å². The molecule has 0 aromatic rings. The molecule has 1 saturated carbocycles. The van der Waals surface area contributed by atoms with Gasteiger partial charge in [-0.15, -0.1) is 0 Å². The molecule has 0 spiro atoms. The van der Waals surface area contributed by atoms with Crippen LogP contribution in [0.5, 0.6) is 0 Å². The maximum absolute atomic E-state index is 7.08. The standard InChI is InChI=1S/C10H21N5/c1-7(2)5-6-15(8-3-4-8)10(13)14-9(11)12/h7-8H,3-6H2,1-2H3,(H5,11,12,13,14). The van der Waals surface area contributed by atoms with Gasteiger partial charge in [0.25, 0.3) is 0 Å². The van der Waals surface area contributed by atoms with Gasteiger partial charge < -0.3 is 16.4 Å². The molecule has 1 aliphatic rings. The second kappa shape index (κ2) is 5.00. The monoisotopic (exact) mass is 211 g/mol. The molecule has 0 radical (unpaired) electrons. The minimum Gasteiger partial charge on any atom is -0.369 e. The largest absolute Gasteiger partial charge is 0.369 e. The third kappa shape index (κ3) is 4.18. The van der Waals surface area contributed by atoms with Crippen LogP contribution in [0.1, 0.15) is 33.1 Å². The van der Waals surface area contributed by atoms with Crippen LogP contribution in [-0.2, 0) is 0 Å². The summed E-state index contributed by atoms with van der Waals surface area (Å²) in [5, 5.41) is 7.08. The Kier molecular flexibility index (Phi) is 3.94. The zero-order valence-corrected chi connectivity index (χ0v) is 9.53. The van der Waals surface area contributed by atoms with Gasteiger partial charge in [0.15, 0.2) is 5.96 Å². The lowest BCUT2D eigenvalue weighted by atomic mass is 10.1. The Balaban J connectivity index is 2.53. The van der Waals surface area contributed by atoms with E-state index in [1.54, 1.807) is 0 Å². The summed E-state index contributed by atoms with van der Waals surface area (Å²) >= 11 is 0. The quantitative estimate of drug-likeness (QED) is 0.472. The molecule has 86 valence electrons. The maximum atomic E-state index is 7.08. The van der Waals surface area contributed by atoms with Crippen molar-refractivity contribution in [3.8, 4) is 0 Å². The number of nitrogens with zero attached hydrogens (tertiary/aromatic N) is 2. The van der Waals surface area contributed by atoms with Crippen LogP contribution in [0.15, 0.2) is 4.99 Å². The number of rotatable bonds is 4. The molecule has 1 aliphatic carbocycles. The molecule has 0 aromatic carbocycles. The average Bonchev–Trinajstić information content (AvgIpc) is 2.86. The van der Waals surface area contributed by atoms with Crippen LogP contribution in [0.2, 0.25) is 0 Å². The summed E-state index contributed by atoms with van der Waals surface area (Å²) < 4.78 is 0. The minimum absolute atomic E-state index is 0.220. The predicted octanol–water partition coefficient (Wildman–Crippen LogP) is 0.705. The maximum Gasteiger partial charge on any atom is 0.215 e. The van der Waals surface area contributed by atoms with Gasteiger partial charge in [0, 0.05) is 12.6 Å². The molecule has 1 rings (SSSR count). The normalized spacial score (nSPS) is 16.9. The van der Waals surface area contributed by atoms with Gasteiger partial charge in [-0.3, -0.25) is 5.41 Å². The molecule has 0 atom stereocenters. The first-order chi connectivity index (χ1) is 7.00. The fraction of sp³-hybridized carbons (Fsp3) is 0.800. The number of aliphatic imine (C=N–C) groups is 1. The average molecular weight is 211 g/mol. The van der Waals surface area contributed by atoms with Gasteiger partial charge in [0.05, 0.1) is 0 Å². The van der Waals surface area contributed by atoms with E-state index < -0.39 is 0 Å². The van der Waals surface area contributed by atoms with Crippen molar-refractivity contribution in [2.45, 2.75) is 39.2 Å². The SMILES string of the molecule is CC(C)CCN(/C(N)=N/C(=N)N)C1CC1. The lowest BCUT2D eigenvalue weighted by Gasteiger charge is -2.23. The predicted molar refractivity (Wildman–Crippen MR) is 62.7 cm³/mol. The Morgan fingerprint density at radius 3 is 2.47 bits per heavy atom. The van der Waals surface area contributed by atoms with Crippen LogP contribution < -0.4 is 11.5 Å². The first-order valence-electron chi connectivity index (χ1n) is 5.45. The number of guanidine groups is 2. The van der Waals surface area contributed by atoms with E-state index in [-0.39, 0.29) is 5.96 Å². The Bertz CT molecular complexity index is 255. The van der Waals surface area contributed by atoms with Gasteiger partial charge in [0.1, 0.15) is 0 Å². The lowest BCUT2D eigenvalue weighted by molar-refractivity contribution is 0.369. The van der Waals surface area contributed by atoms with Crippen molar-refractivity contribution in [3.05, 3.63) is 0 Å². The highest BCUT2D eigenvalue weighted by atomic mass is 15.3. The molecular formula is C10H21N5. The van der Waals surface area contributed by atoms with Gasteiger partial charge in [-0.2, -0.15) is 4.99 Å². The zero-order valence-electron chi connectivity index (χ0n) is 9.53. The molecule has 0 aromatic heterocycles. The summed E-state index contributed by atoms with van der Waals surface area (Å²) in [6.45, 7) is 5.28. The topological polar surface area (TPSA) is 91.5 Å². The fourth-order valence-corrected chi connectivity index (χ4v) is 1.46. The highest BCUT2D eigenvalue weighted by Crippen LogP contribution is 2.27. The molecular weight excluding hydrogens is 190 g/mol. The summed E-state index contributed by atoms with van der Waals surface area (Å²) in [7, 11) is 0. The smallest absolute Gasteiger partial charge is 0.215 e. The van der Waals surface area contributed by atoms with Crippen LogP contribution >= 0.6 is 0 Å². The van der Waals surface area contributed by atoms with E-state index in [0.717, 1.165) is 13.0 Å². The molecule has 0 aliphatic heterocycles. The highest BCUT2D eigenvalue weighted by molar-refractivity contribution is 5.92. The lowest BCUT2D eigenvalue weighted by Crippen LogP contribution is -2.41. The summed E-state index contributed by atoms with van der Waals surface area (Å²) in [6, 6.07) is 0.520. The molecule has 1 fully saturated rings. The van der Waals surface area contributed by atoms with E-state index in [2.05, 4.69) is 23.7 Å². The van der Waals surface area contributed by atoms with Crippen molar-refractivity contribution in [3.63, 3.8) is 0 Å². The van der Waals surface area contributed by atoms with Gasteiger partial charge in [-0.05, 0) is 25.2 Å². The van der Waals surface area contributed by atoms with E-state index in [0.29, 0.717) is 17.9 Å². The number of hydrogen-bond acceptors (Lipinski definition) is 1. The first-order valence-corrected chi connectivity index (χ1v) is 5.45. The van der Waals surface area contributed by atoms with Gasteiger partial charge in [-0.1, -0.05) is 13.8 Å². The van der Waals surface area contributed by atoms with E-state index in [1.807, 2.05) is 0 Å². The second-order valence-corrected chi connectivity index (χ2v) is 4.46. The van der Waals surface area contributed by atoms with Gasteiger partial charge in [0.2, 0.25) is 5.96 Å². The van der Waals surface area contributed by atoms with Gasteiger partial charge >= 0.3 is 0 Å². The van der Waals surface area contributed by atoms with Crippen molar-refractivity contribution >= 4 is 11.9 Å². The van der Waals surface area contributed by atoms with Crippen molar-refractivity contribution in [2.24, 2.45) is 22.4 Å². The highest BCUT2D eigenvalue weighted by Gasteiger charge is 2.30. The Morgan fingerprint density at radius 1 is 1.47 bits per heavy atom. The summed E-state index contributed by atoms with van der Waals surface area (Å²) in [5.41, 5.74) is 11.0. The fourth-order valence-electron chi connectivity index (χ4n) is 1.46. The van der Waals surface area contributed by atoms with Crippen LogP contribution in [-0.4, -0.2) is 29.4 Å². The summed E-state index contributed by atoms with van der Waals surface area (Å²) in [5.74, 6) is 0.824. The molecule has 5 heteroatoms. The minimum atomic E-state index is -0.220. The van der Waals surface area contributed by atoms with Crippen molar-refractivity contribution in [2.75, 3.05) is 6.54 Å². The third-order valence-electron chi connectivity index (χ3n) is 2.46.